The second-order valence-corrected chi connectivity index (χ2v) is 7.73. The summed E-state index contributed by atoms with van der Waals surface area (Å²) < 4.78 is 1.56. The molecular weight excluding hydrogens is 418 g/mol. The lowest BCUT2D eigenvalue weighted by Crippen LogP contribution is -2.35. The summed E-state index contributed by atoms with van der Waals surface area (Å²) in [5, 5.41) is 13.5. The van der Waals surface area contributed by atoms with Crippen LogP contribution >= 0.6 is 11.6 Å². The molecule has 2 heterocycles. The number of carbonyl (C=O) groups is 3. The summed E-state index contributed by atoms with van der Waals surface area (Å²) in [6.07, 6.45) is -0.0238. The number of hydrogen-bond donors (Lipinski definition) is 3. The Morgan fingerprint density at radius 1 is 1.06 bits per heavy atom. The molecule has 0 aliphatic carbocycles. The molecule has 1 atom stereocenters. The van der Waals surface area contributed by atoms with Gasteiger partial charge in [0, 0.05) is 34.4 Å². The maximum atomic E-state index is 13.0. The average Bonchev–Trinajstić information content (AvgIpc) is 3.05. The number of fused-ring (bicyclic) bond motifs is 1. The minimum atomic E-state index is -0.793. The summed E-state index contributed by atoms with van der Waals surface area (Å²) in [6.45, 7) is 3.27. The van der Waals surface area contributed by atoms with E-state index in [1.165, 1.54) is 6.92 Å². The highest BCUT2D eigenvalue weighted by Gasteiger charge is 2.34. The number of aromatic nitrogens is 2. The largest absolute Gasteiger partial charge is 0.326 e. The molecule has 3 aromatic rings. The highest BCUT2D eigenvalue weighted by atomic mass is 35.5. The molecule has 158 valence electrons. The van der Waals surface area contributed by atoms with Gasteiger partial charge in [-0.25, -0.2) is 4.68 Å². The molecule has 0 bridgehead atoms. The van der Waals surface area contributed by atoms with Gasteiger partial charge in [-0.1, -0.05) is 23.7 Å². The van der Waals surface area contributed by atoms with Crippen LogP contribution in [0, 0.1) is 6.92 Å². The number of carbonyl (C=O) groups excluding carboxylic acids is 3. The molecule has 0 radical (unpaired) electrons. The highest BCUT2D eigenvalue weighted by Crippen LogP contribution is 2.34. The number of halogens is 1. The zero-order chi connectivity index (χ0) is 22.1. The summed E-state index contributed by atoms with van der Waals surface area (Å²) in [5.74, 6) is -0.279. The molecule has 0 unspecified atom stereocenters. The van der Waals surface area contributed by atoms with E-state index in [9.17, 15) is 14.4 Å². The predicted molar refractivity (Wildman–Crippen MR) is 119 cm³/mol. The van der Waals surface area contributed by atoms with Crippen LogP contribution in [0.3, 0.4) is 0 Å². The van der Waals surface area contributed by atoms with E-state index in [4.69, 9.17) is 11.6 Å². The number of nitrogens with one attached hydrogen (secondary N) is 3. The molecule has 0 saturated carbocycles. The van der Waals surface area contributed by atoms with Gasteiger partial charge in [0.15, 0.2) is 0 Å². The first-order valence-corrected chi connectivity index (χ1v) is 10.0. The highest BCUT2D eigenvalue weighted by molar-refractivity contribution is 6.30. The molecule has 3 amide bonds. The lowest BCUT2D eigenvalue weighted by atomic mass is 10.1. The van der Waals surface area contributed by atoms with Gasteiger partial charge >= 0.3 is 0 Å². The third kappa shape index (κ3) is 4.29. The van der Waals surface area contributed by atoms with Gasteiger partial charge in [0.05, 0.1) is 12.1 Å². The van der Waals surface area contributed by atoms with E-state index in [-0.39, 0.29) is 24.1 Å². The second kappa shape index (κ2) is 8.23. The van der Waals surface area contributed by atoms with E-state index in [2.05, 4.69) is 21.0 Å². The van der Waals surface area contributed by atoms with Crippen molar-refractivity contribution in [2.45, 2.75) is 26.3 Å². The third-order valence-corrected chi connectivity index (χ3v) is 5.22. The number of hydrogen-bond acceptors (Lipinski definition) is 4. The minimum absolute atomic E-state index is 0.0238. The molecule has 9 heteroatoms. The first-order chi connectivity index (χ1) is 14.8. The van der Waals surface area contributed by atoms with Crippen molar-refractivity contribution in [3.63, 3.8) is 0 Å². The molecule has 0 fully saturated rings. The Kier molecular flexibility index (Phi) is 5.48. The maximum absolute atomic E-state index is 13.0. The monoisotopic (exact) mass is 437 g/mol. The van der Waals surface area contributed by atoms with Crippen LogP contribution in [0.15, 0.2) is 48.5 Å². The van der Waals surface area contributed by atoms with Gasteiger partial charge in [-0.2, -0.15) is 5.10 Å². The Morgan fingerprint density at radius 3 is 2.29 bits per heavy atom. The zero-order valence-corrected chi connectivity index (χ0v) is 17.7. The van der Waals surface area contributed by atoms with E-state index in [1.807, 2.05) is 19.1 Å². The van der Waals surface area contributed by atoms with Crippen LogP contribution in [0.1, 0.15) is 24.9 Å². The van der Waals surface area contributed by atoms with E-state index in [0.717, 1.165) is 11.1 Å². The first kappa shape index (κ1) is 20.6. The fraction of sp³-hybridized carbons (Fsp3) is 0.182. The molecule has 4 rings (SSSR count). The fourth-order valence-electron chi connectivity index (χ4n) is 3.49. The van der Waals surface area contributed by atoms with Crippen molar-refractivity contribution < 1.29 is 14.4 Å². The smallest absolute Gasteiger partial charge is 0.249 e. The molecule has 2 aromatic carbocycles. The summed E-state index contributed by atoms with van der Waals surface area (Å²) in [6, 6.07) is 13.2. The fourth-order valence-corrected chi connectivity index (χ4v) is 3.62. The molecule has 8 nitrogen and oxygen atoms in total. The van der Waals surface area contributed by atoms with Crippen molar-refractivity contribution >= 4 is 46.5 Å². The Morgan fingerprint density at radius 2 is 1.68 bits per heavy atom. The number of amides is 3. The van der Waals surface area contributed by atoms with Crippen molar-refractivity contribution in [1.29, 1.82) is 0 Å². The number of anilines is 3. The van der Waals surface area contributed by atoms with Crippen molar-refractivity contribution in [2.75, 3.05) is 16.0 Å². The quantitative estimate of drug-likeness (QED) is 0.573. The van der Waals surface area contributed by atoms with Gasteiger partial charge in [0.2, 0.25) is 17.7 Å². The lowest BCUT2D eigenvalue weighted by molar-refractivity contribution is -0.125. The van der Waals surface area contributed by atoms with Crippen LogP contribution in [-0.4, -0.2) is 27.5 Å². The Balaban J connectivity index is 1.60. The van der Waals surface area contributed by atoms with Gasteiger partial charge in [-0.15, -0.1) is 0 Å². The van der Waals surface area contributed by atoms with Crippen LogP contribution in [0.2, 0.25) is 5.02 Å². The second-order valence-electron chi connectivity index (χ2n) is 7.29. The topological polar surface area (TPSA) is 105 Å². The number of benzene rings is 2. The van der Waals surface area contributed by atoms with Crippen LogP contribution < -0.4 is 16.0 Å². The standard InChI is InChI=1S/C22H20ClN5O3/c1-12-20(14-3-5-15(23)6-4-14)27-28-18(11-19(30)26-21(12)28)22(31)25-17-9-7-16(8-10-17)24-13(2)29/h3-10,18H,11H2,1-2H3,(H,24,29)(H,25,31)(H,26,30)/t18-/m1/s1. The average molecular weight is 438 g/mol. The summed E-state index contributed by atoms with van der Waals surface area (Å²) in [7, 11) is 0. The Bertz CT molecular complexity index is 1170. The molecule has 31 heavy (non-hydrogen) atoms. The molecule has 0 spiro atoms. The number of rotatable bonds is 4. The van der Waals surface area contributed by atoms with Crippen molar-refractivity contribution in [3.8, 4) is 11.3 Å². The van der Waals surface area contributed by atoms with Crippen molar-refractivity contribution in [3.05, 3.63) is 59.1 Å². The molecule has 0 saturated heterocycles. The van der Waals surface area contributed by atoms with E-state index in [0.29, 0.717) is 27.9 Å². The van der Waals surface area contributed by atoms with Crippen molar-refractivity contribution in [2.24, 2.45) is 0 Å². The maximum Gasteiger partial charge on any atom is 0.249 e. The van der Waals surface area contributed by atoms with E-state index >= 15 is 0 Å². The van der Waals surface area contributed by atoms with Gasteiger partial charge in [-0.05, 0) is 43.3 Å². The van der Waals surface area contributed by atoms with Crippen molar-refractivity contribution in [1.82, 2.24) is 9.78 Å². The normalized spacial score (nSPS) is 15.1. The molecule has 3 N–H and O–H groups in total. The van der Waals surface area contributed by atoms with Gasteiger partial charge < -0.3 is 16.0 Å². The van der Waals surface area contributed by atoms with Crippen LogP contribution in [0.5, 0.6) is 0 Å². The Hall–Kier alpha value is -3.65. The number of nitrogens with zero attached hydrogens (tertiary/aromatic N) is 2. The van der Waals surface area contributed by atoms with Gasteiger partial charge in [-0.3, -0.25) is 14.4 Å². The first-order valence-electron chi connectivity index (χ1n) is 9.65. The summed E-state index contributed by atoms with van der Waals surface area (Å²) in [5.41, 5.74) is 3.46. The van der Waals surface area contributed by atoms with Gasteiger partial charge in [0.25, 0.3) is 0 Å². The summed E-state index contributed by atoms with van der Waals surface area (Å²) >= 11 is 5.98. The van der Waals surface area contributed by atoms with E-state index < -0.39 is 6.04 Å². The predicted octanol–water partition coefficient (Wildman–Crippen LogP) is 3.99. The molecule has 1 aliphatic heterocycles. The van der Waals surface area contributed by atoms with Crippen LogP contribution in [0.4, 0.5) is 17.2 Å². The molecular formula is C22H20ClN5O3. The zero-order valence-electron chi connectivity index (χ0n) is 16.9. The third-order valence-electron chi connectivity index (χ3n) is 4.97. The van der Waals surface area contributed by atoms with Gasteiger partial charge in [0.1, 0.15) is 11.9 Å². The summed E-state index contributed by atoms with van der Waals surface area (Å²) in [4.78, 5) is 36.4. The van der Waals surface area contributed by atoms with E-state index in [1.54, 1.807) is 41.1 Å². The minimum Gasteiger partial charge on any atom is -0.326 e. The van der Waals surface area contributed by atoms with Crippen LogP contribution in [0.25, 0.3) is 11.3 Å². The van der Waals surface area contributed by atoms with Crippen LogP contribution in [-0.2, 0) is 14.4 Å². The Labute approximate surface area is 183 Å². The SMILES string of the molecule is CC(=O)Nc1ccc(NC(=O)[C@H]2CC(=O)Nc3c(C)c(-c4ccc(Cl)cc4)nn32)cc1. The lowest BCUT2D eigenvalue weighted by Gasteiger charge is -2.24. The molecule has 1 aromatic heterocycles. The molecule has 1 aliphatic rings.